The van der Waals surface area contributed by atoms with Crippen molar-refractivity contribution < 1.29 is 0 Å². The van der Waals surface area contributed by atoms with E-state index < -0.39 is 0 Å². The third-order valence-electron chi connectivity index (χ3n) is 5.33. The highest BCUT2D eigenvalue weighted by atomic mass is 32.2. The third-order valence-corrected chi connectivity index (χ3v) is 6.93. The molecule has 0 spiro atoms. The van der Waals surface area contributed by atoms with E-state index >= 15 is 0 Å². The van der Waals surface area contributed by atoms with Gasteiger partial charge in [-0.25, -0.2) is 0 Å². The molecule has 1 aromatic heterocycles. The predicted octanol–water partition coefficient (Wildman–Crippen LogP) is 2.87. The minimum atomic E-state index is 0.425. The van der Waals surface area contributed by atoms with E-state index in [-0.39, 0.29) is 0 Å². The highest BCUT2D eigenvalue weighted by molar-refractivity contribution is 8.00. The van der Waals surface area contributed by atoms with Gasteiger partial charge in [-0.2, -0.15) is 0 Å². The molecule has 114 valence electrons. The van der Waals surface area contributed by atoms with Gasteiger partial charge in [-0.15, -0.1) is 11.8 Å². The van der Waals surface area contributed by atoms with Gasteiger partial charge in [-0.1, -0.05) is 6.07 Å². The topological polar surface area (TPSA) is 50.9 Å². The molecule has 0 aromatic carbocycles. The number of pyridine rings is 1. The summed E-state index contributed by atoms with van der Waals surface area (Å²) in [5, 5.41) is 3.89. The van der Waals surface area contributed by atoms with Crippen molar-refractivity contribution >= 4 is 11.8 Å². The Kier molecular flexibility index (Phi) is 3.72. The largest absolute Gasteiger partial charge is 0.326 e. The summed E-state index contributed by atoms with van der Waals surface area (Å²) in [7, 11) is 0. The van der Waals surface area contributed by atoms with E-state index in [1.54, 1.807) is 0 Å². The monoisotopic (exact) mass is 303 g/mol. The summed E-state index contributed by atoms with van der Waals surface area (Å²) in [5.74, 6) is 3.73. The molecule has 4 rings (SSSR count). The lowest BCUT2D eigenvalue weighted by Gasteiger charge is -2.17. The molecule has 3 N–H and O–H groups in total. The molecule has 2 aliphatic carbocycles. The van der Waals surface area contributed by atoms with Crippen LogP contribution in [0.15, 0.2) is 18.3 Å². The highest BCUT2D eigenvalue weighted by Crippen LogP contribution is 2.59. The Morgan fingerprint density at radius 1 is 1.33 bits per heavy atom. The molecule has 4 heteroatoms. The SMILES string of the molecule is NCc1ccc(C2CCSC3(NCC4CC4)CC3C2)nc1. The first-order chi connectivity index (χ1) is 10.3. The molecule has 3 fully saturated rings. The summed E-state index contributed by atoms with van der Waals surface area (Å²) >= 11 is 2.18. The molecular weight excluding hydrogens is 278 g/mol. The lowest BCUT2D eigenvalue weighted by Crippen LogP contribution is -2.32. The van der Waals surface area contributed by atoms with Crippen molar-refractivity contribution in [2.45, 2.75) is 49.4 Å². The fraction of sp³-hybridized carbons (Fsp3) is 0.706. The maximum atomic E-state index is 5.66. The number of hydrogen-bond donors (Lipinski definition) is 2. The van der Waals surface area contributed by atoms with Crippen LogP contribution in [0.5, 0.6) is 0 Å². The third kappa shape index (κ3) is 2.99. The maximum absolute atomic E-state index is 5.66. The van der Waals surface area contributed by atoms with Crippen molar-refractivity contribution in [3.8, 4) is 0 Å². The minimum Gasteiger partial charge on any atom is -0.326 e. The van der Waals surface area contributed by atoms with E-state index in [0.717, 1.165) is 17.4 Å². The molecule has 3 atom stereocenters. The number of thioether (sulfide) groups is 1. The summed E-state index contributed by atoms with van der Waals surface area (Å²) in [5.41, 5.74) is 8.07. The van der Waals surface area contributed by atoms with Crippen molar-refractivity contribution in [1.82, 2.24) is 10.3 Å². The molecule has 3 nitrogen and oxygen atoms in total. The molecule has 21 heavy (non-hydrogen) atoms. The number of hydrogen-bond acceptors (Lipinski definition) is 4. The van der Waals surface area contributed by atoms with Crippen LogP contribution in [0.25, 0.3) is 0 Å². The summed E-state index contributed by atoms with van der Waals surface area (Å²) in [6.45, 7) is 1.84. The first-order valence-electron chi connectivity index (χ1n) is 8.33. The Morgan fingerprint density at radius 2 is 2.24 bits per heavy atom. The van der Waals surface area contributed by atoms with Crippen LogP contribution in [0.2, 0.25) is 0 Å². The van der Waals surface area contributed by atoms with Crippen molar-refractivity contribution in [3.05, 3.63) is 29.6 Å². The molecule has 0 bridgehead atoms. The fourth-order valence-electron chi connectivity index (χ4n) is 3.58. The van der Waals surface area contributed by atoms with E-state index in [4.69, 9.17) is 5.73 Å². The molecule has 0 amide bonds. The molecule has 1 aliphatic heterocycles. The van der Waals surface area contributed by atoms with E-state index in [0.29, 0.717) is 17.3 Å². The van der Waals surface area contributed by atoms with E-state index in [1.807, 2.05) is 6.20 Å². The average Bonchev–Trinajstić information content (AvgIpc) is 3.38. The Bertz CT molecular complexity index is 499. The van der Waals surface area contributed by atoms with Crippen molar-refractivity contribution in [2.75, 3.05) is 12.3 Å². The average molecular weight is 303 g/mol. The second kappa shape index (κ2) is 5.56. The Hall–Kier alpha value is -0.580. The van der Waals surface area contributed by atoms with Gasteiger partial charge in [0.1, 0.15) is 0 Å². The van der Waals surface area contributed by atoms with Gasteiger partial charge in [0.25, 0.3) is 0 Å². The fourth-order valence-corrected chi connectivity index (χ4v) is 5.18. The van der Waals surface area contributed by atoms with Gasteiger partial charge >= 0.3 is 0 Å². The van der Waals surface area contributed by atoms with E-state index in [1.165, 1.54) is 50.1 Å². The number of aromatic nitrogens is 1. The number of nitrogens with zero attached hydrogens (tertiary/aromatic N) is 1. The summed E-state index contributed by atoms with van der Waals surface area (Å²) in [6.07, 6.45) is 8.78. The number of nitrogens with two attached hydrogens (primary N) is 1. The zero-order chi connectivity index (χ0) is 14.3. The number of nitrogens with one attached hydrogen (secondary N) is 1. The summed E-state index contributed by atoms with van der Waals surface area (Å²) in [4.78, 5) is 5.09. The molecule has 3 unspecified atom stereocenters. The molecular formula is C17H25N3S. The van der Waals surface area contributed by atoms with E-state index in [2.05, 4.69) is 34.2 Å². The van der Waals surface area contributed by atoms with Crippen LogP contribution in [0.3, 0.4) is 0 Å². The number of fused-ring (bicyclic) bond motifs is 1. The van der Waals surface area contributed by atoms with Gasteiger partial charge in [0.05, 0.1) is 4.87 Å². The van der Waals surface area contributed by atoms with Gasteiger partial charge < -0.3 is 11.1 Å². The van der Waals surface area contributed by atoms with Crippen LogP contribution in [-0.2, 0) is 6.54 Å². The normalized spacial score (nSPS) is 35.1. The Labute approximate surface area is 131 Å². The zero-order valence-electron chi connectivity index (χ0n) is 12.6. The lowest BCUT2D eigenvalue weighted by molar-refractivity contribution is 0.511. The quantitative estimate of drug-likeness (QED) is 0.878. The van der Waals surface area contributed by atoms with Crippen LogP contribution in [0, 0.1) is 11.8 Å². The molecule has 2 saturated carbocycles. The second-order valence-electron chi connectivity index (χ2n) is 6.98. The van der Waals surface area contributed by atoms with Crippen LogP contribution < -0.4 is 11.1 Å². The van der Waals surface area contributed by atoms with Crippen molar-refractivity contribution in [1.29, 1.82) is 0 Å². The molecule has 2 heterocycles. The van der Waals surface area contributed by atoms with Gasteiger partial charge in [0, 0.05) is 24.4 Å². The van der Waals surface area contributed by atoms with Crippen molar-refractivity contribution in [3.63, 3.8) is 0 Å². The van der Waals surface area contributed by atoms with Crippen molar-refractivity contribution in [2.24, 2.45) is 17.6 Å². The second-order valence-corrected chi connectivity index (χ2v) is 8.41. The molecule has 0 radical (unpaired) electrons. The summed E-state index contributed by atoms with van der Waals surface area (Å²) in [6, 6.07) is 4.34. The van der Waals surface area contributed by atoms with E-state index in [9.17, 15) is 0 Å². The predicted molar refractivity (Wildman–Crippen MR) is 88.1 cm³/mol. The van der Waals surface area contributed by atoms with Crippen LogP contribution in [-0.4, -0.2) is 22.2 Å². The van der Waals surface area contributed by atoms with Crippen LogP contribution >= 0.6 is 11.8 Å². The van der Waals surface area contributed by atoms with Gasteiger partial charge in [0.15, 0.2) is 0 Å². The van der Waals surface area contributed by atoms with Gasteiger partial charge in [0.2, 0.25) is 0 Å². The smallest absolute Gasteiger partial charge is 0.0678 e. The highest BCUT2D eigenvalue weighted by Gasteiger charge is 2.56. The lowest BCUT2D eigenvalue weighted by atomic mass is 9.94. The molecule has 3 aliphatic rings. The minimum absolute atomic E-state index is 0.425. The first kappa shape index (κ1) is 14.0. The molecule has 1 aromatic rings. The molecule has 1 saturated heterocycles. The standard InChI is InChI=1S/C17H25N3S/c18-9-13-3-4-16(19-10-13)14-5-6-21-17(8-15(17)7-14)20-11-12-1-2-12/h3-4,10,12,14-15,20H,1-2,5-9,11,18H2. The van der Waals surface area contributed by atoms with Crippen LogP contribution in [0.1, 0.15) is 49.3 Å². The maximum Gasteiger partial charge on any atom is 0.0678 e. The van der Waals surface area contributed by atoms with Crippen LogP contribution in [0.4, 0.5) is 0 Å². The van der Waals surface area contributed by atoms with Gasteiger partial charge in [-0.05, 0) is 67.9 Å². The Morgan fingerprint density at radius 3 is 2.95 bits per heavy atom. The Balaban J connectivity index is 1.40. The number of rotatable bonds is 5. The zero-order valence-corrected chi connectivity index (χ0v) is 13.4. The van der Waals surface area contributed by atoms with Gasteiger partial charge in [-0.3, -0.25) is 4.98 Å². The first-order valence-corrected chi connectivity index (χ1v) is 9.31. The summed E-state index contributed by atoms with van der Waals surface area (Å²) < 4.78 is 0.